The van der Waals surface area contributed by atoms with Gasteiger partial charge in [0.2, 0.25) is 0 Å². The highest BCUT2D eigenvalue weighted by molar-refractivity contribution is 7.13. The van der Waals surface area contributed by atoms with Crippen LogP contribution in [0.1, 0.15) is 30.6 Å². The normalized spacial score (nSPS) is 10.3. The van der Waals surface area contributed by atoms with E-state index in [9.17, 15) is 9.59 Å². The third-order valence-corrected chi connectivity index (χ3v) is 4.33. The molecule has 0 bridgehead atoms. The van der Waals surface area contributed by atoms with Crippen molar-refractivity contribution in [3.8, 4) is 0 Å². The van der Waals surface area contributed by atoms with Crippen molar-refractivity contribution in [3.63, 3.8) is 0 Å². The first kappa shape index (κ1) is 16.9. The number of hydrogen-bond acceptors (Lipinski definition) is 5. The molecule has 126 valence electrons. The lowest BCUT2D eigenvalue weighted by atomic mass is 10.1. The molecular formula is C19H16N2O3S. The highest BCUT2D eigenvalue weighted by Crippen LogP contribution is 2.15. The van der Waals surface area contributed by atoms with E-state index in [1.165, 1.54) is 17.5 Å². The number of benzene rings is 2. The maximum atomic E-state index is 12.2. The van der Waals surface area contributed by atoms with Gasteiger partial charge in [0.25, 0.3) is 5.91 Å². The van der Waals surface area contributed by atoms with Crippen molar-refractivity contribution in [3.05, 3.63) is 81.8 Å². The lowest BCUT2D eigenvalue weighted by Gasteiger charge is -2.07. The number of nitrogens with one attached hydrogen (secondary N) is 1. The SMILES string of the molecule is Cc1ncc(C(=O)OCc2ccc(C(=O)Nc3ccccc3)cc2)s1. The molecule has 5 nitrogen and oxygen atoms in total. The van der Waals surface area contributed by atoms with Crippen molar-refractivity contribution in [2.75, 3.05) is 5.32 Å². The Morgan fingerprint density at radius 1 is 1.08 bits per heavy atom. The number of carbonyl (C=O) groups excluding carboxylic acids is 2. The van der Waals surface area contributed by atoms with Crippen molar-refractivity contribution >= 4 is 28.9 Å². The van der Waals surface area contributed by atoms with E-state index in [0.29, 0.717) is 10.4 Å². The van der Waals surface area contributed by atoms with Gasteiger partial charge in [0.15, 0.2) is 0 Å². The number of para-hydroxylation sites is 1. The van der Waals surface area contributed by atoms with E-state index in [0.717, 1.165) is 16.3 Å². The van der Waals surface area contributed by atoms with Crippen molar-refractivity contribution < 1.29 is 14.3 Å². The highest BCUT2D eigenvalue weighted by Gasteiger charge is 2.11. The van der Waals surface area contributed by atoms with Gasteiger partial charge in [-0.25, -0.2) is 9.78 Å². The van der Waals surface area contributed by atoms with E-state index in [-0.39, 0.29) is 12.5 Å². The number of thiazole rings is 1. The number of aromatic nitrogens is 1. The summed E-state index contributed by atoms with van der Waals surface area (Å²) in [6.45, 7) is 1.98. The van der Waals surface area contributed by atoms with Crippen LogP contribution in [0.2, 0.25) is 0 Å². The molecule has 0 aliphatic carbocycles. The number of hydrogen-bond donors (Lipinski definition) is 1. The van der Waals surface area contributed by atoms with Crippen molar-refractivity contribution in [2.45, 2.75) is 13.5 Å². The largest absolute Gasteiger partial charge is 0.457 e. The lowest BCUT2D eigenvalue weighted by Crippen LogP contribution is -2.11. The molecule has 1 amide bonds. The van der Waals surface area contributed by atoms with Gasteiger partial charge in [-0.1, -0.05) is 30.3 Å². The molecular weight excluding hydrogens is 336 g/mol. The van der Waals surface area contributed by atoms with Crippen molar-refractivity contribution in [1.29, 1.82) is 0 Å². The zero-order chi connectivity index (χ0) is 17.6. The summed E-state index contributed by atoms with van der Waals surface area (Å²) in [5.74, 6) is -0.577. The Labute approximate surface area is 149 Å². The average Bonchev–Trinajstić information content (AvgIpc) is 3.07. The lowest BCUT2D eigenvalue weighted by molar-refractivity contribution is 0.0478. The number of nitrogens with zero attached hydrogens (tertiary/aromatic N) is 1. The molecule has 0 radical (unpaired) electrons. The van der Waals surface area contributed by atoms with Crippen LogP contribution in [0.5, 0.6) is 0 Å². The molecule has 25 heavy (non-hydrogen) atoms. The number of aryl methyl sites for hydroxylation is 1. The third-order valence-electron chi connectivity index (χ3n) is 3.44. The molecule has 1 heterocycles. The predicted octanol–water partition coefficient (Wildman–Crippen LogP) is 4.06. The summed E-state index contributed by atoms with van der Waals surface area (Å²) in [7, 11) is 0. The Morgan fingerprint density at radius 3 is 2.44 bits per heavy atom. The summed E-state index contributed by atoms with van der Waals surface area (Å²) in [6.07, 6.45) is 1.51. The van der Waals surface area contributed by atoms with Gasteiger partial charge in [-0.05, 0) is 36.8 Å². The third kappa shape index (κ3) is 4.51. The monoisotopic (exact) mass is 352 g/mol. The number of ether oxygens (including phenoxy) is 1. The second-order valence-corrected chi connectivity index (χ2v) is 6.57. The Morgan fingerprint density at radius 2 is 1.80 bits per heavy atom. The van der Waals surface area contributed by atoms with Gasteiger partial charge in [-0.3, -0.25) is 4.79 Å². The molecule has 6 heteroatoms. The van der Waals surface area contributed by atoms with Gasteiger partial charge in [-0.2, -0.15) is 0 Å². The first-order valence-corrected chi connectivity index (χ1v) is 8.48. The standard InChI is InChI=1S/C19H16N2O3S/c1-13-20-11-17(25-13)19(23)24-12-14-7-9-15(10-8-14)18(22)21-16-5-3-2-4-6-16/h2-11H,12H2,1H3,(H,21,22). The van der Waals surface area contributed by atoms with E-state index in [4.69, 9.17) is 4.74 Å². The minimum Gasteiger partial charge on any atom is -0.457 e. The quantitative estimate of drug-likeness (QED) is 0.703. The Kier molecular flexibility index (Phi) is 5.20. The Bertz CT molecular complexity index is 873. The molecule has 3 rings (SSSR count). The van der Waals surface area contributed by atoms with E-state index in [1.54, 1.807) is 24.3 Å². The Balaban J connectivity index is 1.56. The van der Waals surface area contributed by atoms with Crippen LogP contribution < -0.4 is 5.32 Å². The smallest absolute Gasteiger partial charge is 0.350 e. The average molecular weight is 352 g/mol. The fraction of sp³-hybridized carbons (Fsp3) is 0.105. The number of amides is 1. The fourth-order valence-electron chi connectivity index (χ4n) is 2.15. The predicted molar refractivity (Wildman–Crippen MR) is 96.8 cm³/mol. The van der Waals surface area contributed by atoms with Crippen LogP contribution in [0, 0.1) is 6.92 Å². The fourth-order valence-corrected chi connectivity index (χ4v) is 2.82. The maximum absolute atomic E-state index is 12.2. The summed E-state index contributed by atoms with van der Waals surface area (Å²) in [4.78, 5) is 28.6. The summed E-state index contributed by atoms with van der Waals surface area (Å²) in [5, 5.41) is 3.64. The first-order chi connectivity index (χ1) is 12.1. The van der Waals surface area contributed by atoms with Crippen molar-refractivity contribution in [1.82, 2.24) is 4.98 Å². The zero-order valence-corrected chi connectivity index (χ0v) is 14.4. The van der Waals surface area contributed by atoms with Crippen LogP contribution in [0.25, 0.3) is 0 Å². The molecule has 0 unspecified atom stereocenters. The van der Waals surface area contributed by atoms with E-state index >= 15 is 0 Å². The molecule has 1 N–H and O–H groups in total. The van der Waals surface area contributed by atoms with Gasteiger partial charge in [-0.15, -0.1) is 11.3 Å². The van der Waals surface area contributed by atoms with Crippen molar-refractivity contribution in [2.24, 2.45) is 0 Å². The second kappa shape index (κ2) is 7.72. The molecule has 1 aromatic heterocycles. The molecule has 0 aliphatic heterocycles. The van der Waals surface area contributed by atoms with Crippen LogP contribution >= 0.6 is 11.3 Å². The minimum absolute atomic E-state index is 0.149. The van der Waals surface area contributed by atoms with E-state index < -0.39 is 5.97 Å². The van der Waals surface area contributed by atoms with Gasteiger partial charge >= 0.3 is 5.97 Å². The Hall–Kier alpha value is -2.99. The number of esters is 1. The number of carbonyl (C=O) groups is 2. The molecule has 0 saturated heterocycles. The molecule has 0 spiro atoms. The van der Waals surface area contributed by atoms with Gasteiger partial charge in [0.05, 0.1) is 11.2 Å². The van der Waals surface area contributed by atoms with Gasteiger partial charge in [0.1, 0.15) is 11.5 Å². The zero-order valence-electron chi connectivity index (χ0n) is 13.6. The van der Waals surface area contributed by atoms with Crippen LogP contribution in [0.3, 0.4) is 0 Å². The summed E-state index contributed by atoms with van der Waals surface area (Å²) >= 11 is 1.30. The van der Waals surface area contributed by atoms with Crippen LogP contribution in [0.15, 0.2) is 60.8 Å². The van der Waals surface area contributed by atoms with Crippen LogP contribution in [0.4, 0.5) is 5.69 Å². The van der Waals surface area contributed by atoms with Crippen LogP contribution in [-0.2, 0) is 11.3 Å². The summed E-state index contributed by atoms with van der Waals surface area (Å²) in [5.41, 5.74) is 2.09. The molecule has 0 fully saturated rings. The van der Waals surface area contributed by atoms with E-state index in [1.807, 2.05) is 37.3 Å². The van der Waals surface area contributed by atoms with Crippen LogP contribution in [-0.4, -0.2) is 16.9 Å². The van der Waals surface area contributed by atoms with Gasteiger partial charge in [0, 0.05) is 11.3 Å². The first-order valence-electron chi connectivity index (χ1n) is 7.67. The number of anilines is 1. The van der Waals surface area contributed by atoms with E-state index in [2.05, 4.69) is 10.3 Å². The molecule has 0 aliphatic rings. The maximum Gasteiger partial charge on any atom is 0.350 e. The molecule has 0 saturated carbocycles. The second-order valence-electron chi connectivity index (χ2n) is 5.34. The summed E-state index contributed by atoms with van der Waals surface area (Å²) in [6, 6.07) is 16.2. The molecule has 2 aromatic carbocycles. The van der Waals surface area contributed by atoms with Gasteiger partial charge < -0.3 is 10.1 Å². The molecule has 3 aromatic rings. The highest BCUT2D eigenvalue weighted by atomic mass is 32.1. The molecule has 0 atom stereocenters. The topological polar surface area (TPSA) is 68.3 Å². The number of rotatable bonds is 5. The summed E-state index contributed by atoms with van der Waals surface area (Å²) < 4.78 is 5.25. The minimum atomic E-state index is -0.392.